The number of H-pyrrole nitrogens is 1. The fourth-order valence-electron chi connectivity index (χ4n) is 1.38. The van der Waals surface area contributed by atoms with Crippen LogP contribution < -0.4 is 0 Å². The molecule has 1 aromatic heterocycles. The van der Waals surface area contributed by atoms with Crippen LogP contribution in [0.2, 0.25) is 0 Å². The minimum absolute atomic E-state index is 0.0945. The van der Waals surface area contributed by atoms with E-state index >= 15 is 0 Å². The lowest BCUT2D eigenvalue weighted by atomic mass is 9.89. The highest BCUT2D eigenvalue weighted by molar-refractivity contribution is 5.17. The van der Waals surface area contributed by atoms with Crippen molar-refractivity contribution < 1.29 is 0 Å². The Balaban J connectivity index is 2.90. The van der Waals surface area contributed by atoms with Crippen LogP contribution in [0, 0.1) is 5.92 Å². The summed E-state index contributed by atoms with van der Waals surface area (Å²) < 4.78 is 0. The molecule has 13 heavy (non-hydrogen) atoms. The summed E-state index contributed by atoms with van der Waals surface area (Å²) in [6.07, 6.45) is 1.00. The van der Waals surface area contributed by atoms with Gasteiger partial charge in [0.2, 0.25) is 0 Å². The van der Waals surface area contributed by atoms with Gasteiger partial charge in [0.1, 0.15) is 0 Å². The van der Waals surface area contributed by atoms with Gasteiger partial charge in [0.05, 0.1) is 11.4 Å². The van der Waals surface area contributed by atoms with Gasteiger partial charge < -0.3 is 0 Å². The monoisotopic (exact) mass is 181 g/mol. The summed E-state index contributed by atoms with van der Waals surface area (Å²) in [5.74, 6) is 0.631. The predicted octanol–water partition coefficient (Wildman–Crippen LogP) is 2.30. The maximum absolute atomic E-state index is 4.20. The highest BCUT2D eigenvalue weighted by Gasteiger charge is 2.22. The predicted molar refractivity (Wildman–Crippen MR) is 53.6 cm³/mol. The molecule has 0 amide bonds. The lowest BCUT2D eigenvalue weighted by molar-refractivity contribution is 0.548. The molecule has 1 N–H and O–H groups in total. The Bertz CT molecular complexity index is 268. The second kappa shape index (κ2) is 3.48. The summed E-state index contributed by atoms with van der Waals surface area (Å²) in [4.78, 5) is 0. The molecule has 0 saturated carbocycles. The zero-order chi connectivity index (χ0) is 10.1. The van der Waals surface area contributed by atoms with E-state index in [2.05, 4.69) is 50.0 Å². The average molecular weight is 181 g/mol. The Kier molecular flexibility index (Phi) is 2.74. The van der Waals surface area contributed by atoms with E-state index in [0.717, 1.165) is 17.8 Å². The van der Waals surface area contributed by atoms with E-state index in [0.29, 0.717) is 5.92 Å². The van der Waals surface area contributed by atoms with E-state index in [4.69, 9.17) is 0 Å². The number of aromatic amines is 1. The Hall–Kier alpha value is -0.860. The molecule has 1 aromatic rings. The first-order valence-electron chi connectivity index (χ1n) is 4.81. The van der Waals surface area contributed by atoms with Crippen LogP contribution in [0.4, 0.5) is 0 Å². The zero-order valence-corrected chi connectivity index (χ0v) is 9.18. The van der Waals surface area contributed by atoms with Crippen LogP contribution in [0.15, 0.2) is 0 Å². The first kappa shape index (κ1) is 10.2. The normalized spacial score (nSPS) is 12.5. The Morgan fingerprint density at radius 3 is 2.31 bits per heavy atom. The maximum Gasteiger partial charge on any atom is 0.0910 e. The van der Waals surface area contributed by atoms with E-state index in [1.165, 1.54) is 0 Å². The van der Waals surface area contributed by atoms with Crippen molar-refractivity contribution in [3.8, 4) is 0 Å². The summed E-state index contributed by atoms with van der Waals surface area (Å²) in [5, 5.41) is 11.1. The molecule has 0 aliphatic heterocycles. The van der Waals surface area contributed by atoms with Gasteiger partial charge in [-0.1, -0.05) is 34.6 Å². The molecule has 0 fully saturated rings. The van der Waals surface area contributed by atoms with E-state index in [1.54, 1.807) is 0 Å². The van der Waals surface area contributed by atoms with Gasteiger partial charge in [0, 0.05) is 5.41 Å². The molecule has 3 heteroatoms. The fourth-order valence-corrected chi connectivity index (χ4v) is 1.38. The van der Waals surface area contributed by atoms with Gasteiger partial charge in [0.25, 0.3) is 0 Å². The van der Waals surface area contributed by atoms with Crippen LogP contribution in [0.1, 0.15) is 46.0 Å². The fraction of sp³-hybridized carbons (Fsp3) is 0.800. The third-order valence-electron chi connectivity index (χ3n) is 1.93. The lowest BCUT2D eigenvalue weighted by Gasteiger charge is -2.16. The largest absolute Gasteiger partial charge is 0.197 e. The first-order chi connectivity index (χ1) is 5.91. The lowest BCUT2D eigenvalue weighted by Crippen LogP contribution is -2.15. The van der Waals surface area contributed by atoms with Crippen LogP contribution in [-0.2, 0) is 11.8 Å². The van der Waals surface area contributed by atoms with Crippen LogP contribution in [0.25, 0.3) is 0 Å². The average Bonchev–Trinajstić information content (AvgIpc) is 2.31. The molecule has 0 radical (unpaired) electrons. The first-order valence-corrected chi connectivity index (χ1v) is 4.81. The molecule has 1 rings (SSSR count). The Morgan fingerprint density at radius 1 is 1.23 bits per heavy atom. The van der Waals surface area contributed by atoms with Crippen LogP contribution in [0.3, 0.4) is 0 Å². The molecule has 0 atom stereocenters. The molecule has 0 aromatic carbocycles. The number of hydrogen-bond donors (Lipinski definition) is 1. The van der Waals surface area contributed by atoms with E-state index in [1.807, 2.05) is 0 Å². The molecular formula is C10H19N3. The van der Waals surface area contributed by atoms with Crippen molar-refractivity contribution in [2.24, 2.45) is 5.92 Å². The van der Waals surface area contributed by atoms with E-state index in [-0.39, 0.29) is 5.41 Å². The summed E-state index contributed by atoms with van der Waals surface area (Å²) in [5.41, 5.74) is 2.31. The number of aromatic nitrogens is 3. The SMILES string of the molecule is CC(C)Cc1n[nH]nc1C(C)(C)C. The number of hydrogen-bond acceptors (Lipinski definition) is 2. The minimum atomic E-state index is 0.0945. The second-order valence-electron chi connectivity index (χ2n) is 4.97. The molecule has 0 saturated heterocycles. The maximum atomic E-state index is 4.20. The smallest absolute Gasteiger partial charge is 0.0910 e. The molecule has 3 nitrogen and oxygen atoms in total. The second-order valence-corrected chi connectivity index (χ2v) is 4.97. The number of rotatable bonds is 2. The van der Waals surface area contributed by atoms with Gasteiger partial charge in [-0.25, -0.2) is 0 Å². The zero-order valence-electron chi connectivity index (χ0n) is 9.18. The summed E-state index contributed by atoms with van der Waals surface area (Å²) in [6.45, 7) is 10.9. The third kappa shape index (κ3) is 2.54. The molecule has 0 spiro atoms. The van der Waals surface area contributed by atoms with Crippen molar-refractivity contribution in [1.29, 1.82) is 0 Å². The van der Waals surface area contributed by atoms with Crippen LogP contribution >= 0.6 is 0 Å². The summed E-state index contributed by atoms with van der Waals surface area (Å²) >= 11 is 0. The van der Waals surface area contributed by atoms with Crippen molar-refractivity contribution in [2.75, 3.05) is 0 Å². The van der Waals surface area contributed by atoms with Gasteiger partial charge in [-0.2, -0.15) is 15.4 Å². The molecular weight excluding hydrogens is 162 g/mol. The van der Waals surface area contributed by atoms with Crippen molar-refractivity contribution >= 4 is 0 Å². The summed E-state index contributed by atoms with van der Waals surface area (Å²) in [7, 11) is 0. The van der Waals surface area contributed by atoms with Crippen molar-refractivity contribution in [3.05, 3.63) is 11.4 Å². The topological polar surface area (TPSA) is 41.6 Å². The van der Waals surface area contributed by atoms with Gasteiger partial charge >= 0.3 is 0 Å². The molecule has 74 valence electrons. The highest BCUT2D eigenvalue weighted by atomic mass is 15.3. The van der Waals surface area contributed by atoms with Crippen molar-refractivity contribution in [1.82, 2.24) is 15.4 Å². The molecule has 0 aliphatic rings. The summed E-state index contributed by atoms with van der Waals surface area (Å²) in [6, 6.07) is 0. The van der Waals surface area contributed by atoms with Crippen LogP contribution in [0.5, 0.6) is 0 Å². The molecule has 0 bridgehead atoms. The van der Waals surface area contributed by atoms with E-state index in [9.17, 15) is 0 Å². The highest BCUT2D eigenvalue weighted by Crippen LogP contribution is 2.23. The van der Waals surface area contributed by atoms with Crippen molar-refractivity contribution in [3.63, 3.8) is 0 Å². The van der Waals surface area contributed by atoms with E-state index < -0.39 is 0 Å². The van der Waals surface area contributed by atoms with Gasteiger partial charge in [0.15, 0.2) is 0 Å². The van der Waals surface area contributed by atoms with Gasteiger partial charge in [-0.05, 0) is 12.3 Å². The Labute approximate surface area is 79.9 Å². The number of nitrogens with one attached hydrogen (secondary N) is 1. The van der Waals surface area contributed by atoms with Gasteiger partial charge in [-0.3, -0.25) is 0 Å². The molecule has 1 heterocycles. The van der Waals surface area contributed by atoms with Crippen molar-refractivity contribution in [2.45, 2.75) is 46.5 Å². The molecule has 0 aliphatic carbocycles. The Morgan fingerprint density at radius 2 is 1.85 bits per heavy atom. The quantitative estimate of drug-likeness (QED) is 0.760. The molecule has 0 unspecified atom stereocenters. The minimum Gasteiger partial charge on any atom is -0.197 e. The van der Waals surface area contributed by atoms with Gasteiger partial charge in [-0.15, -0.1) is 0 Å². The van der Waals surface area contributed by atoms with Crippen LogP contribution in [-0.4, -0.2) is 15.4 Å². The third-order valence-corrected chi connectivity index (χ3v) is 1.93. The standard InChI is InChI=1S/C10H19N3/c1-7(2)6-8-9(10(3,4)5)12-13-11-8/h7H,6H2,1-5H3,(H,11,12,13). The number of nitrogens with zero attached hydrogens (tertiary/aromatic N) is 2.